The smallest absolute Gasteiger partial charge is 0.311 e. The fourth-order valence-electron chi connectivity index (χ4n) is 1.50. The van der Waals surface area contributed by atoms with Crippen LogP contribution in [0.15, 0.2) is 23.3 Å². The number of aliphatic hydroxyl groups is 1. The maximum Gasteiger partial charge on any atom is 0.311 e. The summed E-state index contributed by atoms with van der Waals surface area (Å²) in [5.74, 6) is -0.0281. The van der Waals surface area contributed by atoms with Crippen LogP contribution in [0.5, 0.6) is 5.75 Å². The average Bonchev–Trinajstić information content (AvgIpc) is 2.35. The van der Waals surface area contributed by atoms with E-state index in [1.807, 2.05) is 0 Å². The number of aromatic nitrogens is 2. The van der Waals surface area contributed by atoms with Crippen LogP contribution in [0.3, 0.4) is 0 Å². The minimum absolute atomic E-state index is 0.0281. The Hall–Kier alpha value is -2.48. The number of nitro benzene ring substituents is 1. The van der Waals surface area contributed by atoms with Gasteiger partial charge in [-0.3, -0.25) is 14.9 Å². The number of hydrogen-bond acceptors (Lipinski definition) is 6. The lowest BCUT2D eigenvalue weighted by atomic mass is 10.2. The van der Waals surface area contributed by atoms with Crippen LogP contribution < -0.4 is 10.3 Å². The lowest BCUT2D eigenvalue weighted by molar-refractivity contribution is -0.385. The Morgan fingerprint density at radius 3 is 2.94 bits per heavy atom. The Labute approximate surface area is 100 Å². The van der Waals surface area contributed by atoms with E-state index in [4.69, 9.17) is 9.84 Å². The van der Waals surface area contributed by atoms with Crippen molar-refractivity contribution in [1.29, 1.82) is 0 Å². The number of fused-ring (bicyclic) bond motifs is 1. The van der Waals surface area contributed by atoms with Gasteiger partial charge >= 0.3 is 5.69 Å². The molecule has 2 N–H and O–H groups in total. The molecule has 0 saturated carbocycles. The molecule has 0 unspecified atom stereocenters. The number of ether oxygens (including phenoxy) is 1. The number of nitrogens with zero attached hydrogens (tertiary/aromatic N) is 2. The number of aliphatic hydroxyl groups excluding tert-OH is 1. The molecule has 0 amide bonds. The Morgan fingerprint density at radius 1 is 1.50 bits per heavy atom. The first-order valence-corrected chi connectivity index (χ1v) is 5.03. The van der Waals surface area contributed by atoms with Gasteiger partial charge in [0.05, 0.1) is 28.8 Å². The number of aromatic amines is 1. The van der Waals surface area contributed by atoms with Crippen molar-refractivity contribution in [1.82, 2.24) is 9.97 Å². The standard InChI is InChI=1S/C10H9N3O5/c14-1-2-18-9-4-7-6(3-8(9)13(16)17)10(15)12-5-11-7/h3-5,14H,1-2H2,(H,11,12,15). The Kier molecular flexibility index (Phi) is 3.20. The van der Waals surface area contributed by atoms with Crippen LogP contribution in [0.4, 0.5) is 5.69 Å². The van der Waals surface area contributed by atoms with E-state index in [1.54, 1.807) is 0 Å². The molecule has 8 nitrogen and oxygen atoms in total. The molecule has 0 aliphatic rings. The van der Waals surface area contributed by atoms with Crippen LogP contribution in [0.1, 0.15) is 0 Å². The summed E-state index contributed by atoms with van der Waals surface area (Å²) in [5, 5.41) is 19.6. The quantitative estimate of drug-likeness (QED) is 0.592. The number of benzene rings is 1. The van der Waals surface area contributed by atoms with Crippen LogP contribution in [0.25, 0.3) is 10.9 Å². The summed E-state index contributed by atoms with van der Waals surface area (Å²) in [6.45, 7) is -0.340. The Bertz CT molecular complexity index is 651. The van der Waals surface area contributed by atoms with Crippen molar-refractivity contribution in [2.45, 2.75) is 0 Å². The van der Waals surface area contributed by atoms with Gasteiger partial charge in [-0.2, -0.15) is 0 Å². The van der Waals surface area contributed by atoms with Gasteiger partial charge in [0.25, 0.3) is 5.56 Å². The second kappa shape index (κ2) is 4.80. The first-order chi connectivity index (χ1) is 8.63. The number of hydrogen-bond donors (Lipinski definition) is 2. The lowest BCUT2D eigenvalue weighted by Crippen LogP contribution is -2.08. The van der Waals surface area contributed by atoms with Crippen LogP contribution in [0, 0.1) is 10.1 Å². The summed E-state index contributed by atoms with van der Waals surface area (Å²) in [5.41, 5.74) is -0.511. The normalized spacial score (nSPS) is 10.5. The summed E-state index contributed by atoms with van der Waals surface area (Å²) in [6, 6.07) is 2.41. The Morgan fingerprint density at radius 2 is 2.28 bits per heavy atom. The molecule has 94 valence electrons. The van der Waals surface area contributed by atoms with E-state index in [-0.39, 0.29) is 35.6 Å². The molecule has 0 spiro atoms. The predicted octanol–water partition coefficient (Wildman–Crippen LogP) is 0.202. The molecule has 0 saturated heterocycles. The molecule has 2 aromatic rings. The fourth-order valence-corrected chi connectivity index (χ4v) is 1.50. The molecule has 0 fully saturated rings. The van der Waals surface area contributed by atoms with E-state index in [2.05, 4.69) is 9.97 Å². The number of nitro groups is 1. The van der Waals surface area contributed by atoms with Crippen LogP contribution in [0.2, 0.25) is 0 Å². The fraction of sp³-hybridized carbons (Fsp3) is 0.200. The van der Waals surface area contributed by atoms with Gasteiger partial charge in [-0.05, 0) is 0 Å². The van der Waals surface area contributed by atoms with Gasteiger partial charge in [0.1, 0.15) is 6.61 Å². The van der Waals surface area contributed by atoms with Crippen molar-refractivity contribution in [2.24, 2.45) is 0 Å². The van der Waals surface area contributed by atoms with Gasteiger partial charge in [-0.25, -0.2) is 4.98 Å². The highest BCUT2D eigenvalue weighted by Gasteiger charge is 2.18. The van der Waals surface area contributed by atoms with Gasteiger partial charge in [-0.1, -0.05) is 0 Å². The van der Waals surface area contributed by atoms with Gasteiger partial charge in [-0.15, -0.1) is 0 Å². The minimum atomic E-state index is -0.654. The number of rotatable bonds is 4. The molecule has 2 rings (SSSR count). The second-order valence-electron chi connectivity index (χ2n) is 3.40. The van der Waals surface area contributed by atoms with Crippen molar-refractivity contribution in [3.05, 3.63) is 38.9 Å². The summed E-state index contributed by atoms with van der Waals surface area (Å²) >= 11 is 0. The zero-order valence-corrected chi connectivity index (χ0v) is 9.12. The van der Waals surface area contributed by atoms with Gasteiger partial charge in [0.15, 0.2) is 5.75 Å². The molecule has 18 heavy (non-hydrogen) atoms. The molecular weight excluding hydrogens is 242 g/mol. The third kappa shape index (κ3) is 2.13. The first-order valence-electron chi connectivity index (χ1n) is 5.03. The third-order valence-corrected chi connectivity index (χ3v) is 2.27. The highest BCUT2D eigenvalue weighted by atomic mass is 16.6. The predicted molar refractivity (Wildman–Crippen MR) is 61.6 cm³/mol. The monoisotopic (exact) mass is 251 g/mol. The molecule has 1 aromatic heterocycles. The first kappa shape index (κ1) is 12.0. The molecule has 0 atom stereocenters. The van der Waals surface area contributed by atoms with Crippen molar-refractivity contribution in [3.8, 4) is 5.75 Å². The minimum Gasteiger partial charge on any atom is -0.484 e. The highest BCUT2D eigenvalue weighted by molar-refractivity contribution is 5.82. The molecule has 0 aliphatic carbocycles. The summed E-state index contributed by atoms with van der Waals surface area (Å²) in [6.07, 6.45) is 1.20. The second-order valence-corrected chi connectivity index (χ2v) is 3.40. The molecule has 0 bridgehead atoms. The van der Waals surface area contributed by atoms with Crippen LogP contribution in [-0.2, 0) is 0 Å². The topological polar surface area (TPSA) is 118 Å². The van der Waals surface area contributed by atoms with E-state index in [9.17, 15) is 14.9 Å². The molecule has 0 aliphatic heterocycles. The van der Waals surface area contributed by atoms with E-state index >= 15 is 0 Å². The van der Waals surface area contributed by atoms with E-state index in [1.165, 1.54) is 12.4 Å². The van der Waals surface area contributed by atoms with Crippen LogP contribution >= 0.6 is 0 Å². The number of H-pyrrole nitrogens is 1. The van der Waals surface area contributed by atoms with E-state index < -0.39 is 10.5 Å². The number of nitrogens with one attached hydrogen (secondary N) is 1. The van der Waals surface area contributed by atoms with Crippen LogP contribution in [-0.4, -0.2) is 33.2 Å². The van der Waals surface area contributed by atoms with Crippen molar-refractivity contribution in [2.75, 3.05) is 13.2 Å². The van der Waals surface area contributed by atoms with Crippen molar-refractivity contribution in [3.63, 3.8) is 0 Å². The average molecular weight is 251 g/mol. The lowest BCUT2D eigenvalue weighted by Gasteiger charge is -2.05. The molecule has 1 heterocycles. The SMILES string of the molecule is O=c1[nH]cnc2cc(OCCO)c([N+](=O)[O-])cc12. The zero-order chi connectivity index (χ0) is 13.1. The highest BCUT2D eigenvalue weighted by Crippen LogP contribution is 2.29. The van der Waals surface area contributed by atoms with Gasteiger partial charge in [0.2, 0.25) is 0 Å². The molecule has 1 aromatic carbocycles. The molecular formula is C10H9N3O5. The maximum absolute atomic E-state index is 11.5. The largest absolute Gasteiger partial charge is 0.484 e. The van der Waals surface area contributed by atoms with Crippen molar-refractivity contribution < 1.29 is 14.8 Å². The van der Waals surface area contributed by atoms with E-state index in [0.29, 0.717) is 0 Å². The maximum atomic E-state index is 11.5. The van der Waals surface area contributed by atoms with Gasteiger partial charge in [0, 0.05) is 12.1 Å². The summed E-state index contributed by atoms with van der Waals surface area (Å²) in [4.78, 5) is 27.9. The summed E-state index contributed by atoms with van der Waals surface area (Å²) in [7, 11) is 0. The van der Waals surface area contributed by atoms with E-state index in [0.717, 1.165) is 6.07 Å². The van der Waals surface area contributed by atoms with Gasteiger partial charge < -0.3 is 14.8 Å². The molecule has 0 radical (unpaired) electrons. The summed E-state index contributed by atoms with van der Waals surface area (Å²) < 4.78 is 5.05. The Balaban J connectivity index is 2.65. The third-order valence-electron chi connectivity index (χ3n) is 2.27. The van der Waals surface area contributed by atoms with Crippen molar-refractivity contribution >= 4 is 16.6 Å². The molecule has 8 heteroatoms. The zero-order valence-electron chi connectivity index (χ0n) is 9.12.